The molecule has 1 N–H and O–H groups in total. The molecule has 0 radical (unpaired) electrons. The predicted octanol–water partition coefficient (Wildman–Crippen LogP) is 1.37. The Balaban J connectivity index is 1.58. The van der Waals surface area contributed by atoms with Crippen molar-refractivity contribution in [3.63, 3.8) is 0 Å². The number of carbonyl (C=O) groups is 3. The second-order valence-electron chi connectivity index (χ2n) is 7.40. The lowest BCUT2D eigenvalue weighted by Crippen LogP contribution is -2.54. The van der Waals surface area contributed by atoms with Crippen molar-refractivity contribution in [3.8, 4) is 0 Å². The standard InChI is InChI=1S/C20H27N3O3/c1-14(2)21-18(24)20(26)23-11-9-22(10-12-23)19(25)17-8-7-15-5-3-4-6-16(15)13-17/h7-8,13-14H,3-6,9-12H2,1-2H3,(H,21,24). The summed E-state index contributed by atoms with van der Waals surface area (Å²) in [5.41, 5.74) is 3.38. The summed E-state index contributed by atoms with van der Waals surface area (Å²) in [6.07, 6.45) is 4.55. The van der Waals surface area contributed by atoms with Crippen molar-refractivity contribution in [1.29, 1.82) is 0 Å². The lowest BCUT2D eigenvalue weighted by atomic mass is 9.90. The summed E-state index contributed by atoms with van der Waals surface area (Å²) >= 11 is 0. The molecule has 3 rings (SSSR count). The summed E-state index contributed by atoms with van der Waals surface area (Å²) < 4.78 is 0. The number of nitrogens with zero attached hydrogens (tertiary/aromatic N) is 2. The molecule has 0 atom stereocenters. The van der Waals surface area contributed by atoms with E-state index in [1.165, 1.54) is 28.9 Å². The van der Waals surface area contributed by atoms with E-state index in [0.29, 0.717) is 26.2 Å². The van der Waals surface area contributed by atoms with Gasteiger partial charge >= 0.3 is 11.8 Å². The maximum atomic E-state index is 12.8. The van der Waals surface area contributed by atoms with Crippen molar-refractivity contribution in [2.24, 2.45) is 0 Å². The Bertz CT molecular complexity index is 706. The van der Waals surface area contributed by atoms with Gasteiger partial charge < -0.3 is 15.1 Å². The lowest BCUT2D eigenvalue weighted by molar-refractivity contribution is -0.147. The highest BCUT2D eigenvalue weighted by Gasteiger charge is 2.28. The highest BCUT2D eigenvalue weighted by atomic mass is 16.2. The van der Waals surface area contributed by atoms with Gasteiger partial charge in [0.15, 0.2) is 0 Å². The van der Waals surface area contributed by atoms with E-state index in [2.05, 4.69) is 11.4 Å². The number of rotatable bonds is 2. The SMILES string of the molecule is CC(C)NC(=O)C(=O)N1CCN(C(=O)c2ccc3c(c2)CCCC3)CC1. The molecule has 1 fully saturated rings. The van der Waals surface area contributed by atoms with Crippen LogP contribution in [-0.2, 0) is 22.4 Å². The molecule has 1 aliphatic carbocycles. The Morgan fingerprint density at radius 3 is 2.19 bits per heavy atom. The van der Waals surface area contributed by atoms with E-state index in [1.807, 2.05) is 26.0 Å². The van der Waals surface area contributed by atoms with Crippen LogP contribution in [0.4, 0.5) is 0 Å². The van der Waals surface area contributed by atoms with Crippen LogP contribution in [0.3, 0.4) is 0 Å². The van der Waals surface area contributed by atoms with Crippen LogP contribution >= 0.6 is 0 Å². The Morgan fingerprint density at radius 1 is 0.923 bits per heavy atom. The van der Waals surface area contributed by atoms with Crippen LogP contribution in [-0.4, -0.2) is 59.7 Å². The first-order valence-electron chi connectivity index (χ1n) is 9.46. The largest absolute Gasteiger partial charge is 0.346 e. The zero-order valence-electron chi connectivity index (χ0n) is 15.6. The van der Waals surface area contributed by atoms with Crippen molar-refractivity contribution >= 4 is 17.7 Å². The number of nitrogens with one attached hydrogen (secondary N) is 1. The number of fused-ring (bicyclic) bond motifs is 1. The fourth-order valence-electron chi connectivity index (χ4n) is 3.63. The highest BCUT2D eigenvalue weighted by Crippen LogP contribution is 2.23. The molecule has 1 saturated heterocycles. The second-order valence-corrected chi connectivity index (χ2v) is 7.40. The first-order chi connectivity index (χ1) is 12.5. The van der Waals surface area contributed by atoms with Crippen molar-refractivity contribution in [2.45, 2.75) is 45.6 Å². The van der Waals surface area contributed by atoms with Crippen LogP contribution in [0.25, 0.3) is 0 Å². The lowest BCUT2D eigenvalue weighted by Gasteiger charge is -2.34. The molecular weight excluding hydrogens is 330 g/mol. The van der Waals surface area contributed by atoms with Gasteiger partial charge in [-0.25, -0.2) is 0 Å². The fourth-order valence-corrected chi connectivity index (χ4v) is 3.63. The smallest absolute Gasteiger partial charge is 0.312 e. The molecule has 2 aliphatic rings. The van der Waals surface area contributed by atoms with Gasteiger partial charge in [0.2, 0.25) is 0 Å². The topological polar surface area (TPSA) is 69.7 Å². The van der Waals surface area contributed by atoms with Gasteiger partial charge in [-0.3, -0.25) is 14.4 Å². The van der Waals surface area contributed by atoms with Gasteiger partial charge in [0, 0.05) is 37.8 Å². The second kappa shape index (κ2) is 7.89. The Hall–Kier alpha value is -2.37. The normalized spacial score (nSPS) is 17.0. The molecule has 1 heterocycles. The van der Waals surface area contributed by atoms with Gasteiger partial charge in [0.1, 0.15) is 0 Å². The van der Waals surface area contributed by atoms with E-state index in [9.17, 15) is 14.4 Å². The summed E-state index contributed by atoms with van der Waals surface area (Å²) in [5, 5.41) is 2.62. The van der Waals surface area contributed by atoms with Crippen LogP contribution in [0.15, 0.2) is 18.2 Å². The van der Waals surface area contributed by atoms with E-state index in [1.54, 1.807) is 4.90 Å². The minimum Gasteiger partial charge on any atom is -0.346 e. The van der Waals surface area contributed by atoms with Gasteiger partial charge in [-0.1, -0.05) is 6.07 Å². The summed E-state index contributed by atoms with van der Waals surface area (Å²) in [4.78, 5) is 40.1. The quantitative estimate of drug-likeness (QED) is 0.813. The molecule has 0 spiro atoms. The number of piperazine rings is 1. The molecule has 1 aromatic carbocycles. The molecular formula is C20H27N3O3. The first kappa shape index (κ1) is 18.4. The average molecular weight is 357 g/mol. The molecule has 26 heavy (non-hydrogen) atoms. The highest BCUT2D eigenvalue weighted by molar-refractivity contribution is 6.35. The third-order valence-corrected chi connectivity index (χ3v) is 5.06. The maximum absolute atomic E-state index is 12.8. The average Bonchev–Trinajstić information content (AvgIpc) is 2.66. The third-order valence-electron chi connectivity index (χ3n) is 5.06. The van der Waals surface area contributed by atoms with Gasteiger partial charge in [-0.15, -0.1) is 0 Å². The van der Waals surface area contributed by atoms with Gasteiger partial charge in [0.25, 0.3) is 5.91 Å². The molecule has 6 nitrogen and oxygen atoms in total. The number of benzene rings is 1. The van der Waals surface area contributed by atoms with Crippen LogP contribution in [0.1, 0.15) is 48.2 Å². The summed E-state index contributed by atoms with van der Waals surface area (Å²) in [5.74, 6) is -1.08. The van der Waals surface area contributed by atoms with E-state index in [4.69, 9.17) is 0 Å². The number of aryl methyl sites for hydroxylation is 2. The van der Waals surface area contributed by atoms with Gasteiger partial charge in [-0.2, -0.15) is 0 Å². The van der Waals surface area contributed by atoms with Crippen LogP contribution in [0.2, 0.25) is 0 Å². The minimum atomic E-state index is -0.575. The monoisotopic (exact) mass is 357 g/mol. The number of hydrogen-bond acceptors (Lipinski definition) is 3. The van der Waals surface area contributed by atoms with Crippen molar-refractivity contribution < 1.29 is 14.4 Å². The Labute approximate surface area is 154 Å². The molecule has 1 aliphatic heterocycles. The van der Waals surface area contributed by atoms with Crippen LogP contribution < -0.4 is 5.32 Å². The molecule has 140 valence electrons. The zero-order chi connectivity index (χ0) is 18.7. The number of carbonyl (C=O) groups excluding carboxylic acids is 3. The van der Waals surface area contributed by atoms with Crippen molar-refractivity contribution in [1.82, 2.24) is 15.1 Å². The van der Waals surface area contributed by atoms with Gasteiger partial charge in [-0.05, 0) is 62.8 Å². The zero-order valence-corrected chi connectivity index (χ0v) is 15.6. The summed E-state index contributed by atoms with van der Waals surface area (Å²) in [7, 11) is 0. The van der Waals surface area contributed by atoms with Crippen molar-refractivity contribution in [2.75, 3.05) is 26.2 Å². The van der Waals surface area contributed by atoms with Crippen LogP contribution in [0, 0.1) is 0 Å². The first-order valence-corrected chi connectivity index (χ1v) is 9.46. The molecule has 0 aromatic heterocycles. The molecule has 0 saturated carbocycles. The summed E-state index contributed by atoms with van der Waals surface area (Å²) in [6, 6.07) is 5.96. The number of hydrogen-bond donors (Lipinski definition) is 1. The summed E-state index contributed by atoms with van der Waals surface area (Å²) in [6.45, 7) is 5.33. The van der Waals surface area contributed by atoms with Gasteiger partial charge in [0.05, 0.1) is 0 Å². The van der Waals surface area contributed by atoms with Crippen LogP contribution in [0.5, 0.6) is 0 Å². The number of amides is 3. The van der Waals surface area contributed by atoms with E-state index in [-0.39, 0.29) is 11.9 Å². The molecule has 0 unspecified atom stereocenters. The Morgan fingerprint density at radius 2 is 1.54 bits per heavy atom. The predicted molar refractivity (Wildman–Crippen MR) is 98.8 cm³/mol. The fraction of sp³-hybridized carbons (Fsp3) is 0.550. The van der Waals surface area contributed by atoms with E-state index >= 15 is 0 Å². The minimum absolute atomic E-state index is 0.0112. The molecule has 0 bridgehead atoms. The molecule has 3 amide bonds. The maximum Gasteiger partial charge on any atom is 0.312 e. The van der Waals surface area contributed by atoms with Crippen molar-refractivity contribution in [3.05, 3.63) is 34.9 Å². The molecule has 1 aromatic rings. The van der Waals surface area contributed by atoms with E-state index < -0.39 is 11.8 Å². The Kier molecular flexibility index (Phi) is 5.59. The van der Waals surface area contributed by atoms with E-state index in [0.717, 1.165) is 18.4 Å². The third kappa shape index (κ3) is 4.06. The molecule has 6 heteroatoms.